The Kier molecular flexibility index (Phi) is 5.07. The summed E-state index contributed by atoms with van der Waals surface area (Å²) in [6, 6.07) is 17.0. The number of methoxy groups -OCH3 is 1. The first-order chi connectivity index (χ1) is 13.5. The van der Waals surface area contributed by atoms with Crippen LogP contribution in [0.1, 0.15) is 48.0 Å². The molecule has 28 heavy (non-hydrogen) atoms. The predicted molar refractivity (Wildman–Crippen MR) is 109 cm³/mol. The summed E-state index contributed by atoms with van der Waals surface area (Å²) < 4.78 is 5.17. The van der Waals surface area contributed by atoms with Crippen LogP contribution in [-0.4, -0.2) is 42.9 Å². The minimum absolute atomic E-state index is 0.0705. The van der Waals surface area contributed by atoms with Crippen LogP contribution in [0, 0.1) is 5.92 Å². The Hall–Kier alpha value is -2.46. The van der Waals surface area contributed by atoms with Gasteiger partial charge in [0.25, 0.3) is 0 Å². The highest BCUT2D eigenvalue weighted by molar-refractivity contribution is 5.95. The van der Waals surface area contributed by atoms with E-state index in [0.717, 1.165) is 36.0 Å². The van der Waals surface area contributed by atoms with Gasteiger partial charge in [-0.15, -0.1) is 0 Å². The highest BCUT2D eigenvalue weighted by Gasteiger charge is 2.49. The highest BCUT2D eigenvalue weighted by atomic mass is 16.5. The van der Waals surface area contributed by atoms with Crippen LogP contribution >= 0.6 is 0 Å². The number of Topliss-reactive ketones (excluding diaryl/α,β-unsaturated/α-hetero) is 1. The zero-order chi connectivity index (χ0) is 19.8. The van der Waals surface area contributed by atoms with Gasteiger partial charge in [0.1, 0.15) is 0 Å². The number of esters is 1. The molecule has 146 valence electrons. The SMILES string of the molecule is COC(=O)C1C(c2ccc(-c3cccc(C(C)=O)c3)cc2)C[C@H]2CC[C@@H]1N2C. The Labute approximate surface area is 166 Å². The molecule has 2 aromatic rings. The molecule has 4 rings (SSSR count). The van der Waals surface area contributed by atoms with Crippen molar-refractivity contribution in [1.82, 2.24) is 4.90 Å². The fourth-order valence-electron chi connectivity index (χ4n) is 5.11. The first-order valence-corrected chi connectivity index (χ1v) is 10.0. The number of piperidine rings is 1. The number of nitrogens with zero attached hydrogens (tertiary/aromatic N) is 1. The molecule has 2 aliphatic rings. The summed E-state index contributed by atoms with van der Waals surface area (Å²) in [5, 5.41) is 0. The molecule has 2 heterocycles. The Morgan fingerprint density at radius 1 is 1.04 bits per heavy atom. The Morgan fingerprint density at radius 3 is 2.46 bits per heavy atom. The minimum atomic E-state index is -0.111. The van der Waals surface area contributed by atoms with Crippen LogP contribution in [-0.2, 0) is 9.53 Å². The predicted octanol–water partition coefficient (Wildman–Crippen LogP) is 4.30. The third-order valence-corrected chi connectivity index (χ3v) is 6.68. The minimum Gasteiger partial charge on any atom is -0.469 e. The number of carbonyl (C=O) groups excluding carboxylic acids is 2. The Morgan fingerprint density at radius 2 is 1.79 bits per heavy atom. The van der Waals surface area contributed by atoms with Crippen LogP contribution < -0.4 is 0 Å². The Bertz CT molecular complexity index is 889. The molecule has 4 atom stereocenters. The van der Waals surface area contributed by atoms with E-state index >= 15 is 0 Å². The summed E-state index contributed by atoms with van der Waals surface area (Å²) in [6.45, 7) is 1.59. The third kappa shape index (κ3) is 3.26. The average molecular weight is 377 g/mol. The van der Waals surface area contributed by atoms with Crippen molar-refractivity contribution >= 4 is 11.8 Å². The molecule has 2 aliphatic heterocycles. The van der Waals surface area contributed by atoms with Crippen LogP contribution in [0.3, 0.4) is 0 Å². The van der Waals surface area contributed by atoms with Crippen molar-refractivity contribution in [2.24, 2.45) is 5.92 Å². The van der Waals surface area contributed by atoms with E-state index in [-0.39, 0.29) is 29.6 Å². The maximum absolute atomic E-state index is 12.6. The first kappa shape index (κ1) is 18.9. The van der Waals surface area contributed by atoms with Crippen molar-refractivity contribution in [3.63, 3.8) is 0 Å². The van der Waals surface area contributed by atoms with Crippen LogP contribution in [0.25, 0.3) is 11.1 Å². The van der Waals surface area contributed by atoms with Gasteiger partial charge >= 0.3 is 5.97 Å². The standard InChI is InChI=1S/C24H27NO3/c1-15(26)18-5-4-6-19(13-18)16-7-9-17(10-8-16)21-14-20-11-12-22(25(20)2)23(21)24(27)28-3/h4-10,13,20-23H,11-12,14H2,1-3H3/t20-,21?,22+,23?/m1/s1. The van der Waals surface area contributed by atoms with Gasteiger partial charge in [0.15, 0.2) is 5.78 Å². The Balaban J connectivity index is 1.63. The van der Waals surface area contributed by atoms with Gasteiger partial charge in [-0.2, -0.15) is 0 Å². The molecule has 0 radical (unpaired) electrons. The number of hydrogen-bond donors (Lipinski definition) is 0. The van der Waals surface area contributed by atoms with Crippen LogP contribution in [0.15, 0.2) is 48.5 Å². The number of benzene rings is 2. The average Bonchev–Trinajstić information content (AvgIpc) is 2.95. The van der Waals surface area contributed by atoms with E-state index in [0.29, 0.717) is 6.04 Å². The summed E-state index contributed by atoms with van der Waals surface area (Å²) in [4.78, 5) is 26.6. The van der Waals surface area contributed by atoms with E-state index in [9.17, 15) is 9.59 Å². The largest absolute Gasteiger partial charge is 0.469 e. The number of hydrogen-bond acceptors (Lipinski definition) is 4. The van der Waals surface area contributed by atoms with Crippen molar-refractivity contribution in [1.29, 1.82) is 0 Å². The summed E-state index contributed by atoms with van der Waals surface area (Å²) in [5.74, 6) is 0.0565. The quantitative estimate of drug-likeness (QED) is 0.589. The lowest BCUT2D eigenvalue weighted by Crippen LogP contribution is -2.49. The van der Waals surface area contributed by atoms with Gasteiger partial charge < -0.3 is 4.74 Å². The van der Waals surface area contributed by atoms with Gasteiger partial charge in [0.05, 0.1) is 13.0 Å². The number of rotatable bonds is 4. The molecule has 0 spiro atoms. The molecule has 0 aromatic heterocycles. The highest BCUT2D eigenvalue weighted by Crippen LogP contribution is 2.46. The lowest BCUT2D eigenvalue weighted by molar-refractivity contribution is -0.150. The van der Waals surface area contributed by atoms with E-state index in [2.05, 4.69) is 36.2 Å². The summed E-state index contributed by atoms with van der Waals surface area (Å²) in [6.07, 6.45) is 3.21. The molecule has 4 nitrogen and oxygen atoms in total. The number of ketones is 1. The molecular weight excluding hydrogens is 350 g/mol. The molecule has 2 unspecified atom stereocenters. The first-order valence-electron chi connectivity index (χ1n) is 10.0. The fraction of sp³-hybridized carbons (Fsp3) is 0.417. The molecule has 2 aromatic carbocycles. The number of carbonyl (C=O) groups is 2. The van der Waals surface area contributed by atoms with Gasteiger partial charge in [-0.1, -0.05) is 42.5 Å². The maximum Gasteiger partial charge on any atom is 0.310 e. The summed E-state index contributed by atoms with van der Waals surface area (Å²) in [7, 11) is 3.63. The van der Waals surface area contributed by atoms with Crippen molar-refractivity contribution in [3.8, 4) is 11.1 Å². The zero-order valence-electron chi connectivity index (χ0n) is 16.7. The van der Waals surface area contributed by atoms with E-state index < -0.39 is 0 Å². The maximum atomic E-state index is 12.6. The molecule has 2 bridgehead atoms. The number of ether oxygens (including phenoxy) is 1. The topological polar surface area (TPSA) is 46.6 Å². The summed E-state index contributed by atoms with van der Waals surface area (Å²) >= 11 is 0. The van der Waals surface area contributed by atoms with Crippen LogP contribution in [0.4, 0.5) is 0 Å². The van der Waals surface area contributed by atoms with Gasteiger partial charge in [-0.3, -0.25) is 14.5 Å². The second-order valence-electron chi connectivity index (χ2n) is 8.11. The van der Waals surface area contributed by atoms with Crippen molar-refractivity contribution in [2.75, 3.05) is 14.2 Å². The zero-order valence-corrected chi connectivity index (χ0v) is 16.7. The van der Waals surface area contributed by atoms with E-state index in [1.54, 1.807) is 6.92 Å². The van der Waals surface area contributed by atoms with E-state index in [4.69, 9.17) is 4.74 Å². The molecule has 0 N–H and O–H groups in total. The van der Waals surface area contributed by atoms with E-state index in [1.807, 2.05) is 24.3 Å². The van der Waals surface area contributed by atoms with Crippen molar-refractivity contribution in [2.45, 2.75) is 44.2 Å². The lowest BCUT2D eigenvalue weighted by Gasteiger charge is -2.41. The number of fused-ring (bicyclic) bond motifs is 2. The molecule has 0 amide bonds. The van der Waals surface area contributed by atoms with Gasteiger partial charge in [-0.05, 0) is 56.0 Å². The molecule has 4 heteroatoms. The lowest BCUT2D eigenvalue weighted by atomic mass is 9.76. The van der Waals surface area contributed by atoms with Crippen LogP contribution in [0.2, 0.25) is 0 Å². The van der Waals surface area contributed by atoms with E-state index in [1.165, 1.54) is 12.7 Å². The third-order valence-electron chi connectivity index (χ3n) is 6.68. The van der Waals surface area contributed by atoms with Crippen molar-refractivity contribution in [3.05, 3.63) is 59.7 Å². The van der Waals surface area contributed by atoms with Crippen molar-refractivity contribution < 1.29 is 14.3 Å². The monoisotopic (exact) mass is 377 g/mol. The van der Waals surface area contributed by atoms with Crippen LogP contribution in [0.5, 0.6) is 0 Å². The molecule has 0 saturated carbocycles. The van der Waals surface area contributed by atoms with Gasteiger partial charge in [-0.25, -0.2) is 0 Å². The summed E-state index contributed by atoms with van der Waals surface area (Å²) in [5.41, 5.74) is 4.04. The second kappa shape index (κ2) is 7.51. The molecule has 0 aliphatic carbocycles. The molecule has 2 fully saturated rings. The van der Waals surface area contributed by atoms with Gasteiger partial charge in [0.2, 0.25) is 0 Å². The normalized spacial score (nSPS) is 26.8. The molecule has 2 saturated heterocycles. The van der Waals surface area contributed by atoms with Gasteiger partial charge in [0, 0.05) is 23.6 Å². The smallest absolute Gasteiger partial charge is 0.310 e. The molecular formula is C24H27NO3. The second-order valence-corrected chi connectivity index (χ2v) is 8.11. The fourth-order valence-corrected chi connectivity index (χ4v) is 5.11.